The fourth-order valence-corrected chi connectivity index (χ4v) is 3.33. The van der Waals surface area contributed by atoms with Gasteiger partial charge in [-0.15, -0.1) is 0 Å². The average Bonchev–Trinajstić information content (AvgIpc) is 3.05. The van der Waals surface area contributed by atoms with Crippen LogP contribution in [0.25, 0.3) is 0 Å². The van der Waals surface area contributed by atoms with Crippen molar-refractivity contribution in [2.45, 2.75) is 88.2 Å². The second kappa shape index (κ2) is 18.0. The van der Waals surface area contributed by atoms with E-state index in [9.17, 15) is 45.5 Å². The Hall–Kier alpha value is -3.43. The standard InChI is InChI=1S/C16H32N4O8.C14H19N3O/c1-13(2,11(27)17-15(5-21,6-22)7-23)19-20-14(3,4)12(28)18-16(8-24,9-25)10-26;1-13(2,18-4)10-14(3,11-15)17-16-12-8-6-5-7-9-12/h21-26H,5-10H2,1-4H3,(H,17,27)(H,18,28);5-9H,10H2,1-4H3. The summed E-state index contributed by atoms with van der Waals surface area (Å²) in [4.78, 5) is 24.8. The number of benzene rings is 1. The molecule has 0 aliphatic rings. The number of nitrogens with zero attached hydrogens (tertiary/aromatic N) is 5. The molecule has 1 unspecified atom stereocenters. The van der Waals surface area contributed by atoms with Crippen LogP contribution >= 0.6 is 0 Å². The van der Waals surface area contributed by atoms with Gasteiger partial charge in [-0.2, -0.15) is 25.7 Å². The van der Waals surface area contributed by atoms with E-state index in [0.29, 0.717) is 6.42 Å². The largest absolute Gasteiger partial charge is 0.394 e. The van der Waals surface area contributed by atoms with Gasteiger partial charge in [0, 0.05) is 13.5 Å². The van der Waals surface area contributed by atoms with Crippen LogP contribution < -0.4 is 10.6 Å². The van der Waals surface area contributed by atoms with Crippen molar-refractivity contribution in [2.24, 2.45) is 20.5 Å². The van der Waals surface area contributed by atoms with Crippen molar-refractivity contribution in [3.63, 3.8) is 0 Å². The van der Waals surface area contributed by atoms with Gasteiger partial charge < -0.3 is 46.0 Å². The lowest BCUT2D eigenvalue weighted by Crippen LogP contribution is -2.61. The Bertz CT molecular complexity index is 1130. The second-order valence-electron chi connectivity index (χ2n) is 12.8. The van der Waals surface area contributed by atoms with Crippen molar-refractivity contribution in [3.8, 4) is 6.07 Å². The highest BCUT2D eigenvalue weighted by atomic mass is 16.5. The number of nitriles is 1. The van der Waals surface area contributed by atoms with Gasteiger partial charge >= 0.3 is 0 Å². The van der Waals surface area contributed by atoms with Gasteiger partial charge in [-0.05, 0) is 60.6 Å². The Morgan fingerprint density at radius 3 is 1.39 bits per heavy atom. The maximum Gasteiger partial charge on any atom is 0.249 e. The first-order chi connectivity index (χ1) is 21.2. The van der Waals surface area contributed by atoms with Gasteiger partial charge in [0.2, 0.25) is 11.8 Å². The van der Waals surface area contributed by atoms with Crippen molar-refractivity contribution in [2.75, 3.05) is 46.8 Å². The Morgan fingerprint density at radius 2 is 1.09 bits per heavy atom. The molecular weight excluding hydrogens is 602 g/mol. The fraction of sp³-hybridized carbons (Fsp3) is 0.700. The third kappa shape index (κ3) is 13.1. The zero-order chi connectivity index (χ0) is 35.9. The van der Waals surface area contributed by atoms with Crippen molar-refractivity contribution >= 4 is 17.5 Å². The number of aliphatic hydroxyl groups excluding tert-OH is 6. The minimum absolute atomic E-state index is 0.403. The zero-order valence-corrected chi connectivity index (χ0v) is 28.0. The van der Waals surface area contributed by atoms with E-state index in [2.05, 4.69) is 37.2 Å². The first-order valence-electron chi connectivity index (χ1n) is 14.4. The molecule has 1 atom stereocenters. The van der Waals surface area contributed by atoms with Crippen molar-refractivity contribution < 1.29 is 45.0 Å². The van der Waals surface area contributed by atoms with Gasteiger partial charge in [0.15, 0.2) is 16.6 Å². The average molecular weight is 654 g/mol. The predicted molar refractivity (Wildman–Crippen MR) is 168 cm³/mol. The number of azo groups is 2. The number of aliphatic hydroxyl groups is 6. The molecule has 16 nitrogen and oxygen atoms in total. The lowest BCUT2D eigenvalue weighted by atomic mass is 9.90. The van der Waals surface area contributed by atoms with Gasteiger partial charge in [-0.1, -0.05) is 18.2 Å². The lowest BCUT2D eigenvalue weighted by Gasteiger charge is -2.33. The maximum atomic E-state index is 12.4. The number of rotatable bonds is 17. The molecule has 0 bridgehead atoms. The summed E-state index contributed by atoms with van der Waals surface area (Å²) in [5.74, 6) is -1.53. The third-order valence-electron chi connectivity index (χ3n) is 6.94. The third-order valence-corrected chi connectivity index (χ3v) is 6.94. The molecule has 0 radical (unpaired) electrons. The number of hydrogen-bond acceptors (Lipinski definition) is 14. The summed E-state index contributed by atoms with van der Waals surface area (Å²) < 4.78 is 5.33. The van der Waals surface area contributed by atoms with E-state index < -0.39 is 84.8 Å². The summed E-state index contributed by atoms with van der Waals surface area (Å²) in [6, 6.07) is 11.6. The lowest BCUT2D eigenvalue weighted by molar-refractivity contribution is -0.131. The SMILES string of the molecule is CC(C)(N=NC(C)(C)C(=O)NC(CO)(CO)CO)C(=O)NC(CO)(CO)CO.COC(C)(C)CC(C)(C#N)N=Nc1ccccc1. The molecule has 2 amide bonds. The summed E-state index contributed by atoms with van der Waals surface area (Å²) in [5.41, 5.74) is -6.86. The minimum Gasteiger partial charge on any atom is -0.394 e. The van der Waals surface area contributed by atoms with Gasteiger partial charge in [0.05, 0.1) is 57.0 Å². The molecule has 0 aliphatic carbocycles. The molecule has 0 fully saturated rings. The number of carbonyl (C=O) groups is 2. The summed E-state index contributed by atoms with van der Waals surface area (Å²) in [6.45, 7) is 6.85. The fourth-order valence-electron chi connectivity index (χ4n) is 3.33. The van der Waals surface area contributed by atoms with Crippen LogP contribution in [0.3, 0.4) is 0 Å². The molecule has 0 saturated carbocycles. The van der Waals surface area contributed by atoms with Crippen LogP contribution in [-0.4, -0.2) is 123 Å². The first kappa shape index (κ1) is 42.6. The van der Waals surface area contributed by atoms with E-state index in [1.807, 2.05) is 44.2 Å². The van der Waals surface area contributed by atoms with Crippen LogP contribution in [0.4, 0.5) is 5.69 Å². The normalized spacial score (nSPS) is 14.3. The number of methoxy groups -OCH3 is 1. The highest BCUT2D eigenvalue weighted by Crippen LogP contribution is 2.27. The molecule has 16 heteroatoms. The van der Waals surface area contributed by atoms with Gasteiger partial charge in [0.25, 0.3) is 0 Å². The zero-order valence-electron chi connectivity index (χ0n) is 28.0. The summed E-state index contributed by atoms with van der Waals surface area (Å²) >= 11 is 0. The van der Waals surface area contributed by atoms with E-state index in [0.717, 1.165) is 5.69 Å². The van der Waals surface area contributed by atoms with E-state index in [1.54, 1.807) is 14.0 Å². The van der Waals surface area contributed by atoms with E-state index in [-0.39, 0.29) is 0 Å². The van der Waals surface area contributed by atoms with Gasteiger partial charge in [0.1, 0.15) is 11.1 Å². The molecule has 260 valence electrons. The highest BCUT2D eigenvalue weighted by molar-refractivity contribution is 5.87. The van der Waals surface area contributed by atoms with Crippen LogP contribution in [0.15, 0.2) is 50.8 Å². The molecule has 1 aromatic carbocycles. The molecule has 1 aromatic rings. The Balaban J connectivity index is 0.000000964. The summed E-state index contributed by atoms with van der Waals surface area (Å²) in [7, 11) is 1.63. The predicted octanol–water partition coefficient (Wildman–Crippen LogP) is 0.527. The molecule has 0 spiro atoms. The van der Waals surface area contributed by atoms with Gasteiger partial charge in [-0.3, -0.25) is 9.59 Å². The topological polar surface area (TPSA) is 262 Å². The van der Waals surface area contributed by atoms with Crippen molar-refractivity contribution in [3.05, 3.63) is 30.3 Å². The molecule has 0 heterocycles. The smallest absolute Gasteiger partial charge is 0.249 e. The quantitative estimate of drug-likeness (QED) is 0.108. The number of ether oxygens (including phenoxy) is 1. The number of amides is 2. The number of nitrogens with one attached hydrogen (secondary N) is 2. The van der Waals surface area contributed by atoms with Crippen LogP contribution in [0, 0.1) is 11.3 Å². The van der Waals surface area contributed by atoms with Crippen molar-refractivity contribution in [1.29, 1.82) is 5.26 Å². The Labute approximate surface area is 270 Å². The second-order valence-corrected chi connectivity index (χ2v) is 12.8. The van der Waals surface area contributed by atoms with E-state index >= 15 is 0 Å². The van der Waals surface area contributed by atoms with Crippen LogP contribution in [0.2, 0.25) is 0 Å². The Morgan fingerprint density at radius 1 is 0.717 bits per heavy atom. The molecule has 46 heavy (non-hydrogen) atoms. The monoisotopic (exact) mass is 653 g/mol. The highest BCUT2D eigenvalue weighted by Gasteiger charge is 2.40. The minimum atomic E-state index is -1.64. The van der Waals surface area contributed by atoms with Crippen LogP contribution in [-0.2, 0) is 14.3 Å². The molecular formula is C30H51N7O9. The molecule has 0 saturated heterocycles. The van der Waals surface area contributed by atoms with Gasteiger partial charge in [-0.25, -0.2) is 0 Å². The van der Waals surface area contributed by atoms with E-state index in [4.69, 9.17) is 4.74 Å². The molecule has 0 aromatic heterocycles. The molecule has 8 N–H and O–H groups in total. The molecule has 1 rings (SSSR count). The number of carbonyl (C=O) groups excluding carboxylic acids is 2. The van der Waals surface area contributed by atoms with Crippen LogP contribution in [0.5, 0.6) is 0 Å². The van der Waals surface area contributed by atoms with Crippen molar-refractivity contribution in [1.82, 2.24) is 10.6 Å². The summed E-state index contributed by atoms with van der Waals surface area (Å²) in [6.07, 6.45) is 0.489. The molecule has 0 aliphatic heterocycles. The Kier molecular flexibility index (Phi) is 16.7. The maximum absolute atomic E-state index is 12.4. The first-order valence-corrected chi connectivity index (χ1v) is 14.4. The van der Waals surface area contributed by atoms with Crippen LogP contribution in [0.1, 0.15) is 54.9 Å². The summed E-state index contributed by atoms with van der Waals surface area (Å²) in [5, 5.41) is 85.7. The number of hydrogen-bond donors (Lipinski definition) is 8. The van der Waals surface area contributed by atoms with E-state index in [1.165, 1.54) is 27.7 Å².